The maximum Gasteiger partial charge on any atom is 0.254 e. The van der Waals surface area contributed by atoms with Crippen LogP contribution in [0.3, 0.4) is 0 Å². The van der Waals surface area contributed by atoms with Crippen molar-refractivity contribution >= 4 is 17.5 Å². The SMILES string of the molecule is Cc1cc(Cl)c(C(=O)NCc2cn[nH]c2)cn1. The van der Waals surface area contributed by atoms with Gasteiger partial charge in [-0.2, -0.15) is 5.10 Å². The Morgan fingerprint density at radius 3 is 3.00 bits per heavy atom. The van der Waals surface area contributed by atoms with Crippen molar-refractivity contribution in [3.8, 4) is 0 Å². The van der Waals surface area contributed by atoms with Gasteiger partial charge in [-0.05, 0) is 13.0 Å². The molecule has 1 amide bonds. The highest BCUT2D eigenvalue weighted by molar-refractivity contribution is 6.33. The molecule has 0 saturated carbocycles. The number of aromatic amines is 1. The zero-order valence-corrected chi connectivity index (χ0v) is 9.95. The third kappa shape index (κ3) is 2.82. The zero-order valence-electron chi connectivity index (χ0n) is 9.20. The highest BCUT2D eigenvalue weighted by atomic mass is 35.5. The van der Waals surface area contributed by atoms with E-state index in [0.717, 1.165) is 11.3 Å². The molecule has 5 nitrogen and oxygen atoms in total. The van der Waals surface area contributed by atoms with Crippen LogP contribution in [-0.2, 0) is 6.54 Å². The van der Waals surface area contributed by atoms with E-state index in [0.29, 0.717) is 17.1 Å². The highest BCUT2D eigenvalue weighted by Crippen LogP contribution is 2.15. The lowest BCUT2D eigenvalue weighted by molar-refractivity contribution is 0.0950. The number of rotatable bonds is 3. The monoisotopic (exact) mass is 250 g/mol. The number of pyridine rings is 1. The summed E-state index contributed by atoms with van der Waals surface area (Å²) in [7, 11) is 0. The molecule has 0 saturated heterocycles. The van der Waals surface area contributed by atoms with Crippen molar-refractivity contribution in [1.82, 2.24) is 20.5 Å². The van der Waals surface area contributed by atoms with Crippen molar-refractivity contribution in [2.24, 2.45) is 0 Å². The smallest absolute Gasteiger partial charge is 0.254 e. The Hall–Kier alpha value is -1.88. The fourth-order valence-corrected chi connectivity index (χ4v) is 1.64. The van der Waals surface area contributed by atoms with Crippen molar-refractivity contribution in [2.75, 3.05) is 0 Å². The minimum Gasteiger partial charge on any atom is -0.348 e. The fourth-order valence-electron chi connectivity index (χ4n) is 1.35. The molecule has 6 heteroatoms. The lowest BCUT2D eigenvalue weighted by atomic mass is 10.2. The molecule has 0 aliphatic rings. The van der Waals surface area contributed by atoms with E-state index < -0.39 is 0 Å². The van der Waals surface area contributed by atoms with Crippen LogP contribution < -0.4 is 5.32 Å². The third-order valence-corrected chi connectivity index (χ3v) is 2.56. The number of hydrogen-bond acceptors (Lipinski definition) is 3. The first kappa shape index (κ1) is 11.6. The summed E-state index contributed by atoms with van der Waals surface area (Å²) in [6.45, 7) is 2.22. The number of aromatic nitrogens is 3. The van der Waals surface area contributed by atoms with Crippen molar-refractivity contribution in [1.29, 1.82) is 0 Å². The lowest BCUT2D eigenvalue weighted by Gasteiger charge is -2.05. The summed E-state index contributed by atoms with van der Waals surface area (Å²) in [4.78, 5) is 15.8. The second kappa shape index (κ2) is 4.97. The maximum absolute atomic E-state index is 11.8. The van der Waals surface area contributed by atoms with Gasteiger partial charge in [0, 0.05) is 30.2 Å². The molecule has 0 fully saturated rings. The largest absolute Gasteiger partial charge is 0.348 e. The van der Waals surface area contributed by atoms with E-state index in [-0.39, 0.29) is 5.91 Å². The minimum atomic E-state index is -0.247. The summed E-state index contributed by atoms with van der Waals surface area (Å²) >= 11 is 5.97. The van der Waals surface area contributed by atoms with Crippen molar-refractivity contribution in [3.05, 3.63) is 46.5 Å². The molecule has 0 atom stereocenters. The molecule has 88 valence electrons. The molecule has 17 heavy (non-hydrogen) atoms. The number of nitrogens with one attached hydrogen (secondary N) is 2. The van der Waals surface area contributed by atoms with Gasteiger partial charge in [-0.15, -0.1) is 0 Å². The summed E-state index contributed by atoms with van der Waals surface area (Å²) in [6.07, 6.45) is 4.84. The molecule has 0 spiro atoms. The van der Waals surface area contributed by atoms with Gasteiger partial charge in [0.15, 0.2) is 0 Å². The maximum atomic E-state index is 11.8. The van der Waals surface area contributed by atoms with E-state index in [9.17, 15) is 4.79 Å². The second-order valence-electron chi connectivity index (χ2n) is 3.59. The van der Waals surface area contributed by atoms with E-state index >= 15 is 0 Å². The number of aryl methyl sites for hydroxylation is 1. The molecular weight excluding hydrogens is 240 g/mol. The number of amides is 1. The molecule has 2 N–H and O–H groups in total. The van der Waals surface area contributed by atoms with E-state index in [1.54, 1.807) is 18.5 Å². The Morgan fingerprint density at radius 1 is 1.53 bits per heavy atom. The van der Waals surface area contributed by atoms with Crippen LogP contribution in [0.1, 0.15) is 21.6 Å². The average Bonchev–Trinajstić information content (AvgIpc) is 2.78. The molecule has 0 bridgehead atoms. The summed E-state index contributed by atoms with van der Waals surface area (Å²) in [6, 6.07) is 1.66. The van der Waals surface area contributed by atoms with Crippen LogP contribution in [0, 0.1) is 6.92 Å². The second-order valence-corrected chi connectivity index (χ2v) is 4.00. The predicted octanol–water partition coefficient (Wildman–Crippen LogP) is 1.70. The summed E-state index contributed by atoms with van der Waals surface area (Å²) in [5.41, 5.74) is 2.05. The molecular formula is C11H11ClN4O. The molecule has 0 radical (unpaired) electrons. The molecule has 2 aromatic heterocycles. The molecule has 2 aromatic rings. The van der Waals surface area contributed by atoms with Gasteiger partial charge >= 0.3 is 0 Å². The van der Waals surface area contributed by atoms with Gasteiger partial charge in [0.25, 0.3) is 5.91 Å². The van der Waals surface area contributed by atoms with Gasteiger partial charge in [-0.1, -0.05) is 11.6 Å². The summed E-state index contributed by atoms with van der Waals surface area (Å²) in [5.74, 6) is -0.247. The van der Waals surface area contributed by atoms with Gasteiger partial charge in [0.05, 0.1) is 16.8 Å². The number of hydrogen-bond donors (Lipinski definition) is 2. The van der Waals surface area contributed by atoms with Gasteiger partial charge in [-0.3, -0.25) is 14.9 Å². The number of carbonyl (C=O) groups is 1. The van der Waals surface area contributed by atoms with Crippen LogP contribution in [0.4, 0.5) is 0 Å². The minimum absolute atomic E-state index is 0.247. The first-order valence-electron chi connectivity index (χ1n) is 5.05. The summed E-state index contributed by atoms with van der Waals surface area (Å²) in [5, 5.41) is 9.60. The number of H-pyrrole nitrogens is 1. The van der Waals surface area contributed by atoms with E-state index in [1.807, 2.05) is 6.92 Å². The Labute approximate surface area is 103 Å². The van der Waals surface area contributed by atoms with Crippen LogP contribution >= 0.6 is 11.6 Å². The van der Waals surface area contributed by atoms with Gasteiger partial charge in [-0.25, -0.2) is 0 Å². The first-order valence-corrected chi connectivity index (χ1v) is 5.42. The van der Waals surface area contributed by atoms with Gasteiger partial charge in [0.2, 0.25) is 0 Å². The van der Waals surface area contributed by atoms with Crippen LogP contribution in [0.15, 0.2) is 24.7 Å². The quantitative estimate of drug-likeness (QED) is 0.871. The molecule has 0 aliphatic heterocycles. The van der Waals surface area contributed by atoms with Crippen molar-refractivity contribution in [3.63, 3.8) is 0 Å². The van der Waals surface area contributed by atoms with Crippen LogP contribution in [0.25, 0.3) is 0 Å². The Bertz CT molecular complexity index is 524. The molecule has 2 heterocycles. The van der Waals surface area contributed by atoms with Crippen LogP contribution in [-0.4, -0.2) is 21.1 Å². The molecule has 2 rings (SSSR count). The lowest BCUT2D eigenvalue weighted by Crippen LogP contribution is -2.23. The third-order valence-electron chi connectivity index (χ3n) is 2.24. The van der Waals surface area contributed by atoms with Gasteiger partial charge < -0.3 is 5.32 Å². The zero-order chi connectivity index (χ0) is 12.3. The number of halogens is 1. The molecule has 0 aliphatic carbocycles. The van der Waals surface area contributed by atoms with E-state index in [4.69, 9.17) is 11.6 Å². The van der Waals surface area contributed by atoms with Crippen LogP contribution in [0.5, 0.6) is 0 Å². The van der Waals surface area contributed by atoms with Gasteiger partial charge in [0.1, 0.15) is 0 Å². The summed E-state index contributed by atoms with van der Waals surface area (Å²) < 4.78 is 0. The van der Waals surface area contributed by atoms with E-state index in [2.05, 4.69) is 20.5 Å². The predicted molar refractivity (Wildman–Crippen MR) is 63.7 cm³/mol. The Balaban J connectivity index is 2.04. The topological polar surface area (TPSA) is 70.7 Å². The Morgan fingerprint density at radius 2 is 2.35 bits per heavy atom. The average molecular weight is 251 g/mol. The van der Waals surface area contributed by atoms with Crippen molar-refractivity contribution < 1.29 is 4.79 Å². The fraction of sp³-hybridized carbons (Fsp3) is 0.182. The number of nitrogens with zero attached hydrogens (tertiary/aromatic N) is 2. The molecule has 0 unspecified atom stereocenters. The highest BCUT2D eigenvalue weighted by Gasteiger charge is 2.10. The normalized spacial score (nSPS) is 10.2. The van der Waals surface area contributed by atoms with E-state index in [1.165, 1.54) is 6.20 Å². The number of carbonyl (C=O) groups excluding carboxylic acids is 1. The molecule has 0 aromatic carbocycles. The Kier molecular flexibility index (Phi) is 3.39. The standard InChI is InChI=1S/C11H11ClN4O/c1-7-2-10(12)9(6-13-7)11(17)14-3-8-4-15-16-5-8/h2,4-6H,3H2,1H3,(H,14,17)(H,15,16). The van der Waals surface area contributed by atoms with Crippen molar-refractivity contribution in [2.45, 2.75) is 13.5 Å². The van der Waals surface area contributed by atoms with Crippen LogP contribution in [0.2, 0.25) is 5.02 Å². The first-order chi connectivity index (χ1) is 8.16.